The molecule has 1 nitrogen and oxygen atoms in total. The van der Waals surface area contributed by atoms with Crippen LogP contribution in [0.2, 0.25) is 0 Å². The van der Waals surface area contributed by atoms with Crippen molar-refractivity contribution in [1.29, 1.82) is 0 Å². The maximum absolute atomic E-state index is 3.85. The molecule has 0 aromatic carbocycles. The first kappa shape index (κ1) is 12.7. The molecule has 0 saturated carbocycles. The SMILES string of the molecule is [CH2-]NC([CH2-])C(C)(C)C.[Y]. The quantitative estimate of drug-likeness (QED) is 0.637. The summed E-state index contributed by atoms with van der Waals surface area (Å²) in [5, 5.41) is 2.84. The molecule has 2 heteroatoms. The van der Waals surface area contributed by atoms with E-state index in [1.165, 1.54) is 0 Å². The average Bonchev–Trinajstić information content (AvgIpc) is 1.62. The van der Waals surface area contributed by atoms with Crippen molar-refractivity contribution in [1.82, 2.24) is 5.32 Å². The Labute approximate surface area is 83.9 Å². The van der Waals surface area contributed by atoms with Crippen LogP contribution >= 0.6 is 0 Å². The van der Waals surface area contributed by atoms with E-state index in [-0.39, 0.29) is 44.2 Å². The average molecular weight is 202 g/mol. The van der Waals surface area contributed by atoms with Gasteiger partial charge in [-0.3, -0.25) is 7.05 Å². The van der Waals surface area contributed by atoms with Crippen LogP contribution < -0.4 is 5.32 Å². The van der Waals surface area contributed by atoms with Crippen molar-refractivity contribution in [2.45, 2.75) is 26.8 Å². The molecule has 0 aliphatic carbocycles. The van der Waals surface area contributed by atoms with Crippen molar-refractivity contribution in [2.75, 3.05) is 0 Å². The third-order valence-electron chi connectivity index (χ3n) is 1.29. The standard InChI is InChI=1S/C7H15N.Y/c1-6(8-5)7(2,3)4;/h6,8H,1,5H2,2-4H3;/q-2;. The molecule has 53 valence electrons. The zero-order valence-corrected chi connectivity index (χ0v) is 9.41. The molecule has 1 radical (unpaired) electrons. The molecular formula is C7H15NY-2. The van der Waals surface area contributed by atoms with Gasteiger partial charge < -0.3 is 12.2 Å². The van der Waals surface area contributed by atoms with E-state index in [0.29, 0.717) is 0 Å². The molecule has 0 spiro atoms. The summed E-state index contributed by atoms with van der Waals surface area (Å²) in [7, 11) is 3.54. The van der Waals surface area contributed by atoms with Crippen molar-refractivity contribution in [3.63, 3.8) is 0 Å². The van der Waals surface area contributed by atoms with E-state index in [9.17, 15) is 0 Å². The smallest absolute Gasteiger partial charge is 0 e. The first-order valence-electron chi connectivity index (χ1n) is 2.84. The van der Waals surface area contributed by atoms with Crippen molar-refractivity contribution in [3.8, 4) is 0 Å². The molecule has 1 N–H and O–H groups in total. The summed E-state index contributed by atoms with van der Waals surface area (Å²) in [6.45, 7) is 10.2. The van der Waals surface area contributed by atoms with E-state index in [4.69, 9.17) is 0 Å². The first-order valence-corrected chi connectivity index (χ1v) is 2.84. The van der Waals surface area contributed by atoms with Gasteiger partial charge in [-0.25, -0.2) is 0 Å². The van der Waals surface area contributed by atoms with Gasteiger partial charge in [0.05, 0.1) is 0 Å². The van der Waals surface area contributed by atoms with Gasteiger partial charge in [0.15, 0.2) is 0 Å². The second-order valence-electron chi connectivity index (χ2n) is 3.12. The Balaban J connectivity index is 0. The predicted molar refractivity (Wildman–Crippen MR) is 37.1 cm³/mol. The van der Waals surface area contributed by atoms with Crippen LogP contribution in [0.5, 0.6) is 0 Å². The fourth-order valence-electron chi connectivity index (χ4n) is 0.306. The molecule has 0 fully saturated rings. The monoisotopic (exact) mass is 202 g/mol. The summed E-state index contributed by atoms with van der Waals surface area (Å²) in [5.41, 5.74) is 0.224. The van der Waals surface area contributed by atoms with Crippen molar-refractivity contribution < 1.29 is 32.7 Å². The summed E-state index contributed by atoms with van der Waals surface area (Å²) in [6, 6.07) is 0.238. The van der Waals surface area contributed by atoms with Crippen LogP contribution in [0.4, 0.5) is 0 Å². The second kappa shape index (κ2) is 4.81. The van der Waals surface area contributed by atoms with Gasteiger partial charge in [-0.15, -0.1) is 6.04 Å². The molecule has 0 aliphatic heterocycles. The third-order valence-corrected chi connectivity index (χ3v) is 1.29. The van der Waals surface area contributed by atoms with E-state index in [1.807, 2.05) is 0 Å². The normalized spacial score (nSPS) is 14.3. The minimum absolute atomic E-state index is 0. The van der Waals surface area contributed by atoms with Crippen LogP contribution in [0.3, 0.4) is 0 Å². The van der Waals surface area contributed by atoms with Gasteiger partial charge in [0.25, 0.3) is 0 Å². The molecule has 0 amide bonds. The third kappa shape index (κ3) is 5.51. The molecule has 0 saturated heterocycles. The van der Waals surface area contributed by atoms with Crippen LogP contribution in [0.15, 0.2) is 0 Å². The van der Waals surface area contributed by atoms with Crippen molar-refractivity contribution in [2.24, 2.45) is 5.41 Å². The van der Waals surface area contributed by atoms with Crippen LogP contribution in [0.1, 0.15) is 20.8 Å². The second-order valence-corrected chi connectivity index (χ2v) is 3.12. The number of rotatable bonds is 1. The molecule has 9 heavy (non-hydrogen) atoms. The summed E-state index contributed by atoms with van der Waals surface area (Å²) in [6.07, 6.45) is 0. The topological polar surface area (TPSA) is 12.0 Å². The van der Waals surface area contributed by atoms with Gasteiger partial charge in [-0.2, -0.15) is 0 Å². The predicted octanol–water partition coefficient (Wildman–Crippen LogP) is 1.61. The Kier molecular flexibility index (Phi) is 6.80. The van der Waals surface area contributed by atoms with Gasteiger partial charge in [0, 0.05) is 32.7 Å². The van der Waals surface area contributed by atoms with Gasteiger partial charge >= 0.3 is 0 Å². The number of nitrogens with one attached hydrogen (secondary N) is 1. The Morgan fingerprint density at radius 3 is 1.67 bits per heavy atom. The van der Waals surface area contributed by atoms with Crippen LogP contribution in [-0.4, -0.2) is 6.04 Å². The zero-order chi connectivity index (χ0) is 6.78. The number of hydrogen-bond acceptors (Lipinski definition) is 1. The minimum atomic E-state index is 0. The molecule has 0 aliphatic rings. The molecular weight excluding hydrogens is 187 g/mol. The summed E-state index contributed by atoms with van der Waals surface area (Å²) in [5.74, 6) is 0. The molecule has 0 aromatic heterocycles. The summed E-state index contributed by atoms with van der Waals surface area (Å²) < 4.78 is 0. The Morgan fingerprint density at radius 2 is 1.67 bits per heavy atom. The zero-order valence-electron chi connectivity index (χ0n) is 6.57. The number of hydrogen-bond donors (Lipinski definition) is 1. The fourth-order valence-corrected chi connectivity index (χ4v) is 0.306. The van der Waals surface area contributed by atoms with Gasteiger partial charge in [0.1, 0.15) is 0 Å². The maximum Gasteiger partial charge on any atom is 0 e. The van der Waals surface area contributed by atoms with Crippen LogP contribution in [0.25, 0.3) is 0 Å². The molecule has 0 heterocycles. The van der Waals surface area contributed by atoms with E-state index < -0.39 is 0 Å². The van der Waals surface area contributed by atoms with Gasteiger partial charge in [-0.1, -0.05) is 26.2 Å². The van der Waals surface area contributed by atoms with Crippen LogP contribution in [0, 0.1) is 19.4 Å². The summed E-state index contributed by atoms with van der Waals surface area (Å²) >= 11 is 0. The first-order chi connectivity index (χ1) is 3.48. The maximum atomic E-state index is 3.85. The van der Waals surface area contributed by atoms with Gasteiger partial charge in [0.2, 0.25) is 0 Å². The van der Waals surface area contributed by atoms with E-state index >= 15 is 0 Å². The Bertz CT molecular complexity index is 65.8. The van der Waals surface area contributed by atoms with Crippen LogP contribution in [-0.2, 0) is 32.7 Å². The van der Waals surface area contributed by atoms with E-state index in [0.717, 1.165) is 0 Å². The molecule has 1 unspecified atom stereocenters. The van der Waals surface area contributed by atoms with Crippen molar-refractivity contribution >= 4 is 0 Å². The van der Waals surface area contributed by atoms with Gasteiger partial charge in [-0.05, 0) is 0 Å². The molecule has 0 aromatic rings. The van der Waals surface area contributed by atoms with E-state index in [1.54, 1.807) is 0 Å². The Morgan fingerprint density at radius 1 is 1.33 bits per heavy atom. The van der Waals surface area contributed by atoms with E-state index in [2.05, 4.69) is 40.1 Å². The summed E-state index contributed by atoms with van der Waals surface area (Å²) in [4.78, 5) is 0. The minimum Gasteiger partial charge on any atom is -0.495 e. The molecule has 0 bridgehead atoms. The molecule has 1 atom stereocenters. The Hall–Kier alpha value is 1.06. The van der Waals surface area contributed by atoms with Crippen molar-refractivity contribution in [3.05, 3.63) is 14.0 Å². The fraction of sp³-hybridized carbons (Fsp3) is 0.714. The largest absolute Gasteiger partial charge is 0.495 e. The molecule has 0 rings (SSSR count).